The predicted molar refractivity (Wildman–Crippen MR) is 80.0 cm³/mol. The molecule has 0 radical (unpaired) electrons. The third kappa shape index (κ3) is 2.73. The molecule has 0 saturated carbocycles. The summed E-state index contributed by atoms with van der Waals surface area (Å²) in [5, 5.41) is 0.636. The second kappa shape index (κ2) is 5.61. The number of hydrogen-bond donors (Lipinski definition) is 0. The van der Waals surface area contributed by atoms with Crippen LogP contribution >= 0.6 is 23.2 Å². The van der Waals surface area contributed by atoms with Gasteiger partial charge in [0.2, 0.25) is 5.69 Å². The number of nitrogens with zero attached hydrogens (tertiary/aromatic N) is 2. The van der Waals surface area contributed by atoms with Gasteiger partial charge in [-0.3, -0.25) is 0 Å². The zero-order valence-corrected chi connectivity index (χ0v) is 12.1. The first-order valence-electron chi connectivity index (χ1n) is 5.87. The normalized spacial score (nSPS) is 10.5. The van der Waals surface area contributed by atoms with Crippen molar-refractivity contribution in [2.24, 2.45) is 0 Å². The third-order valence-corrected chi connectivity index (χ3v) is 3.44. The van der Waals surface area contributed by atoms with Crippen LogP contribution in [0.3, 0.4) is 0 Å². The van der Waals surface area contributed by atoms with Gasteiger partial charge in [-0.2, -0.15) is 0 Å². The molecule has 0 bridgehead atoms. The number of hydrogen-bond acceptors (Lipinski definition) is 1. The fourth-order valence-corrected chi connectivity index (χ4v) is 2.37. The Morgan fingerprint density at radius 2 is 1.89 bits per heavy atom. The number of pyridine rings is 1. The molecule has 0 spiro atoms. The van der Waals surface area contributed by atoms with Gasteiger partial charge >= 0.3 is 0 Å². The Morgan fingerprint density at radius 1 is 1.21 bits per heavy atom. The van der Waals surface area contributed by atoms with Crippen molar-refractivity contribution in [1.82, 2.24) is 4.98 Å². The Balaban J connectivity index is 2.67. The Morgan fingerprint density at radius 3 is 2.53 bits per heavy atom. The van der Waals surface area contributed by atoms with Gasteiger partial charge in [0.15, 0.2) is 0 Å². The maximum Gasteiger partial charge on any atom is 0.225 e. The molecule has 0 atom stereocenters. The minimum absolute atomic E-state index is 0.188. The Bertz CT molecular complexity index is 658. The maximum absolute atomic E-state index is 7.01. The Hall–Kier alpha value is -1.56. The zero-order valence-electron chi connectivity index (χ0n) is 10.6. The van der Waals surface area contributed by atoms with Gasteiger partial charge in [0.25, 0.3) is 0 Å². The van der Waals surface area contributed by atoms with Crippen LogP contribution < -0.4 is 0 Å². The summed E-state index contributed by atoms with van der Waals surface area (Å²) in [4.78, 5) is 7.57. The lowest BCUT2D eigenvalue weighted by molar-refractivity contribution is 0.868. The number of halogens is 2. The van der Waals surface area contributed by atoms with E-state index in [-0.39, 0.29) is 10.8 Å². The molecule has 0 unspecified atom stereocenters. The molecule has 4 heteroatoms. The first-order chi connectivity index (χ1) is 9.04. The van der Waals surface area contributed by atoms with Crippen LogP contribution in [0.15, 0.2) is 30.3 Å². The van der Waals surface area contributed by atoms with E-state index in [0.717, 1.165) is 11.1 Å². The highest BCUT2D eigenvalue weighted by molar-refractivity contribution is 6.36. The van der Waals surface area contributed by atoms with E-state index in [1.54, 1.807) is 6.07 Å². The molecule has 0 N–H and O–H groups in total. The van der Waals surface area contributed by atoms with Crippen molar-refractivity contribution < 1.29 is 0 Å². The van der Waals surface area contributed by atoms with Gasteiger partial charge in [-0.15, -0.1) is 0 Å². The van der Waals surface area contributed by atoms with Gasteiger partial charge in [-0.05, 0) is 17.5 Å². The Labute approximate surface area is 122 Å². The summed E-state index contributed by atoms with van der Waals surface area (Å²) in [5.41, 5.74) is 3.02. The van der Waals surface area contributed by atoms with Crippen LogP contribution in [0.25, 0.3) is 16.1 Å². The first kappa shape index (κ1) is 13.9. The monoisotopic (exact) mass is 290 g/mol. The van der Waals surface area contributed by atoms with Gasteiger partial charge in [-0.1, -0.05) is 61.3 Å². The fourth-order valence-electron chi connectivity index (χ4n) is 1.94. The Kier molecular flexibility index (Phi) is 4.09. The van der Waals surface area contributed by atoms with E-state index in [4.69, 9.17) is 29.8 Å². The molecule has 0 amide bonds. The largest absolute Gasteiger partial charge is 0.246 e. The van der Waals surface area contributed by atoms with Crippen LogP contribution in [0, 0.1) is 6.57 Å². The van der Waals surface area contributed by atoms with Crippen LogP contribution in [0.4, 0.5) is 5.69 Å². The lowest BCUT2D eigenvalue weighted by Crippen LogP contribution is -1.95. The third-order valence-electron chi connectivity index (χ3n) is 2.87. The summed E-state index contributed by atoms with van der Waals surface area (Å²) in [5.74, 6) is 0.355. The molecule has 1 aromatic carbocycles. The van der Waals surface area contributed by atoms with Crippen LogP contribution in [-0.4, -0.2) is 4.98 Å². The minimum atomic E-state index is 0.188. The molecule has 19 heavy (non-hydrogen) atoms. The van der Waals surface area contributed by atoms with Gasteiger partial charge in [0.1, 0.15) is 5.15 Å². The van der Waals surface area contributed by atoms with Crippen molar-refractivity contribution in [2.45, 2.75) is 19.8 Å². The summed E-state index contributed by atoms with van der Waals surface area (Å²) in [6, 6.07) is 9.51. The molecule has 0 saturated heterocycles. The molecular formula is C15H12Cl2N2. The van der Waals surface area contributed by atoms with Crippen molar-refractivity contribution in [3.05, 3.63) is 57.5 Å². The second-order valence-corrected chi connectivity index (χ2v) is 5.25. The average Bonchev–Trinajstić information content (AvgIpc) is 2.40. The topological polar surface area (TPSA) is 17.2 Å². The highest BCUT2D eigenvalue weighted by Crippen LogP contribution is 2.36. The zero-order chi connectivity index (χ0) is 14.0. The molecule has 2 aromatic rings. The summed E-state index contributed by atoms with van der Waals surface area (Å²) in [7, 11) is 0. The van der Waals surface area contributed by atoms with E-state index in [0.29, 0.717) is 16.6 Å². The van der Waals surface area contributed by atoms with Gasteiger partial charge in [-0.25, -0.2) is 9.83 Å². The minimum Gasteiger partial charge on any atom is -0.246 e. The number of aromatic nitrogens is 1. The van der Waals surface area contributed by atoms with Crippen molar-refractivity contribution in [2.75, 3.05) is 0 Å². The molecule has 0 aliphatic carbocycles. The summed E-state index contributed by atoms with van der Waals surface area (Å²) < 4.78 is 0. The highest BCUT2D eigenvalue weighted by atomic mass is 35.5. The van der Waals surface area contributed by atoms with Crippen molar-refractivity contribution in [3.63, 3.8) is 0 Å². The quantitative estimate of drug-likeness (QED) is 0.510. The van der Waals surface area contributed by atoms with Gasteiger partial charge < -0.3 is 0 Å². The predicted octanol–water partition coefficient (Wildman–Crippen LogP) is 5.73. The lowest BCUT2D eigenvalue weighted by Gasteiger charge is -2.13. The molecule has 1 aromatic heterocycles. The molecule has 0 aliphatic heterocycles. The van der Waals surface area contributed by atoms with E-state index >= 15 is 0 Å². The smallest absolute Gasteiger partial charge is 0.225 e. The average molecular weight is 291 g/mol. The second-order valence-electron chi connectivity index (χ2n) is 4.48. The molecule has 0 fully saturated rings. The molecular weight excluding hydrogens is 279 g/mol. The van der Waals surface area contributed by atoms with E-state index in [1.165, 1.54) is 0 Å². The van der Waals surface area contributed by atoms with Gasteiger partial charge in [0.05, 0.1) is 17.3 Å². The van der Waals surface area contributed by atoms with Crippen LogP contribution in [-0.2, 0) is 0 Å². The molecule has 2 rings (SSSR count). The summed E-state index contributed by atoms with van der Waals surface area (Å²) in [6.45, 7) is 11.2. The van der Waals surface area contributed by atoms with Crippen molar-refractivity contribution >= 4 is 28.9 Å². The van der Waals surface area contributed by atoms with E-state index in [2.05, 4.69) is 29.7 Å². The van der Waals surface area contributed by atoms with Crippen molar-refractivity contribution in [3.8, 4) is 11.3 Å². The summed E-state index contributed by atoms with van der Waals surface area (Å²) in [6.07, 6.45) is 0. The van der Waals surface area contributed by atoms with E-state index in [1.807, 2.05) is 18.2 Å². The molecule has 2 nitrogen and oxygen atoms in total. The summed E-state index contributed by atoms with van der Waals surface area (Å²) >= 11 is 12.2. The molecule has 0 aliphatic rings. The van der Waals surface area contributed by atoms with Crippen LogP contribution in [0.1, 0.15) is 25.3 Å². The fraction of sp³-hybridized carbons (Fsp3) is 0.200. The lowest BCUT2D eigenvalue weighted by atomic mass is 9.95. The maximum atomic E-state index is 7.01. The molecule has 96 valence electrons. The SMILES string of the molecule is [C-]#[N+]c1cc(Cl)c(-c2ccccc2C(C)C)nc1Cl. The standard InChI is InChI=1S/C15H12Cl2N2/c1-9(2)10-6-4-5-7-11(10)14-12(16)8-13(18-3)15(17)19-14/h4-9H,1-2H3. The van der Waals surface area contributed by atoms with Crippen LogP contribution in [0.2, 0.25) is 10.2 Å². The van der Waals surface area contributed by atoms with Crippen molar-refractivity contribution in [1.29, 1.82) is 0 Å². The van der Waals surface area contributed by atoms with Crippen LogP contribution in [0.5, 0.6) is 0 Å². The molecule has 1 heterocycles. The van der Waals surface area contributed by atoms with E-state index in [9.17, 15) is 0 Å². The number of benzene rings is 1. The van der Waals surface area contributed by atoms with Gasteiger partial charge in [0, 0.05) is 5.56 Å². The van der Waals surface area contributed by atoms with E-state index < -0.39 is 0 Å². The first-order valence-corrected chi connectivity index (χ1v) is 6.63. The number of rotatable bonds is 2. The highest BCUT2D eigenvalue weighted by Gasteiger charge is 2.15.